The molecule has 0 amide bonds. The summed E-state index contributed by atoms with van der Waals surface area (Å²) in [4.78, 5) is 0. The first-order valence-corrected chi connectivity index (χ1v) is 40.8. The Hall–Kier alpha value is -1.04. The van der Waals surface area contributed by atoms with Crippen LogP contribution in [0.4, 0.5) is 0 Å². The van der Waals surface area contributed by atoms with Gasteiger partial charge in [-0.05, 0) is 310 Å². The molecular formula is C87H142. The van der Waals surface area contributed by atoms with E-state index >= 15 is 0 Å². The molecule has 0 aromatic carbocycles. The summed E-state index contributed by atoms with van der Waals surface area (Å²) in [5.74, 6) is 33.8. The molecule has 87 heavy (non-hydrogen) atoms. The number of fused-ring (bicyclic) bond motifs is 14. The highest BCUT2D eigenvalue weighted by molar-refractivity contribution is 5.26. The number of allylic oxidation sites excluding steroid dienone is 4. The summed E-state index contributed by atoms with van der Waals surface area (Å²) in [6.45, 7) is 46.5. The average Bonchev–Trinajstić information content (AvgIpc) is 1.69. The molecule has 0 heterocycles. The molecule has 0 heteroatoms. The Balaban J connectivity index is 0.000000107. The summed E-state index contributed by atoms with van der Waals surface area (Å²) in [6, 6.07) is 0. The van der Waals surface area contributed by atoms with Crippen molar-refractivity contribution in [2.45, 2.75) is 288 Å². The summed E-state index contributed by atoms with van der Waals surface area (Å²) in [7, 11) is 0. The first kappa shape index (κ1) is 64.7. The van der Waals surface area contributed by atoms with Gasteiger partial charge in [0.15, 0.2) is 0 Å². The molecule has 16 saturated carbocycles. The molecule has 0 bridgehead atoms. The Labute approximate surface area is 540 Å². The monoisotopic (exact) mass is 1190 g/mol. The number of hydrogen-bond acceptors (Lipinski definition) is 0. The van der Waals surface area contributed by atoms with Gasteiger partial charge in [-0.15, -0.1) is 0 Å². The van der Waals surface area contributed by atoms with E-state index in [9.17, 15) is 0 Å². The third-order valence-electron chi connectivity index (χ3n) is 34.6. The molecule has 0 radical (unpaired) electrons. The van der Waals surface area contributed by atoms with Crippen molar-refractivity contribution in [2.24, 2.45) is 207 Å². The van der Waals surface area contributed by atoms with Crippen LogP contribution in [0.2, 0.25) is 0 Å². The van der Waals surface area contributed by atoms with Gasteiger partial charge in [-0.3, -0.25) is 0 Å². The lowest BCUT2D eigenvalue weighted by Crippen LogP contribution is -2.46. The lowest BCUT2D eigenvalue weighted by atomic mass is 9.50. The van der Waals surface area contributed by atoms with Crippen LogP contribution >= 0.6 is 0 Å². The van der Waals surface area contributed by atoms with E-state index in [0.717, 1.165) is 207 Å². The summed E-state index contributed by atoms with van der Waals surface area (Å²) in [5.41, 5.74) is 6.83. The van der Waals surface area contributed by atoms with Crippen molar-refractivity contribution in [3.8, 4) is 0 Å². The molecule has 16 aliphatic rings. The minimum Gasteiger partial charge on any atom is -0.0993 e. The van der Waals surface area contributed by atoms with Crippen LogP contribution in [0, 0.1) is 207 Å². The quantitative estimate of drug-likeness (QED) is 0.246. The SMILES string of the molecule is C=C1C2C(C)C(CC)CC2C2C[C@H]3CCCC[C@H]3C(C)C12.C=C1C2C(C)C(CC)CCC2C2C[C@H]3CCCC[C@H]3C(C)C12.C=C1C2C(CC(CC)C2C)CC2C[C@H]3CCCC[C@H]3C(C)C12.C=C1C2C[C@@H]3CCCC[C@@H]3CC2CC2CCC(CC)C(C)C12. The summed E-state index contributed by atoms with van der Waals surface area (Å²) >= 11 is 0. The van der Waals surface area contributed by atoms with E-state index in [1.54, 1.807) is 67.2 Å². The predicted molar refractivity (Wildman–Crippen MR) is 373 cm³/mol. The first-order valence-electron chi connectivity index (χ1n) is 40.8. The molecule has 0 spiro atoms. The van der Waals surface area contributed by atoms with E-state index in [4.69, 9.17) is 19.7 Å². The number of rotatable bonds is 4. The van der Waals surface area contributed by atoms with Gasteiger partial charge < -0.3 is 0 Å². The third-order valence-corrected chi connectivity index (χ3v) is 34.6. The zero-order valence-corrected chi connectivity index (χ0v) is 59.4. The molecule has 0 nitrogen and oxygen atoms in total. The van der Waals surface area contributed by atoms with Crippen LogP contribution in [0.3, 0.4) is 0 Å². The average molecular weight is 1190 g/mol. The zero-order chi connectivity index (χ0) is 60.9. The van der Waals surface area contributed by atoms with E-state index in [1.807, 2.05) is 0 Å². The highest BCUT2D eigenvalue weighted by atomic mass is 14.6. The standard InChI is InChI=1S/3C22H36.C21H34/c1-5-16-10-18-12-19-11-17-8-6-7-9-20(17)14(3)22(19)15(4)21(18)13(16)2;1-5-16-10-11-19-20-12-17-8-6-7-9-18(17)14(3)22(20)15(4)21(19)13(16)2;1-4-16-9-10-19-12-20-11-17-7-5-6-8-18(17)13-21(20)15(3)22(19)14(16)2;1-5-15-10-18-19-11-16-8-6-7-9-17(16)13(3)21(19)14(4)20(18)12(15)2/h2*13-14,16-22H,4-12H2,1-3H3;14,16-22H,3-13H2,1-2H3;12-13,15-21H,4-11H2,1-3H3/t13?,14?,16?,17-,18?,19?,20+,21?,22?;13?,14?,16?,17-,18+,19?,20?,21?,22?;14?,16?,17-,18+,19?,20?,21?,22?;12?,13?,15?,16-,17+,18?,19?,20?,21?/m1111/s1. The molecule has 27 unspecified atom stereocenters. The van der Waals surface area contributed by atoms with Crippen LogP contribution in [0.1, 0.15) is 288 Å². The maximum atomic E-state index is 4.75. The largest absolute Gasteiger partial charge is 0.0993 e. The van der Waals surface area contributed by atoms with Crippen LogP contribution in [-0.2, 0) is 0 Å². The Morgan fingerprint density at radius 1 is 0.230 bits per heavy atom. The van der Waals surface area contributed by atoms with Crippen molar-refractivity contribution in [2.75, 3.05) is 0 Å². The Morgan fingerprint density at radius 3 is 1.13 bits per heavy atom. The molecule has 0 aromatic heterocycles. The van der Waals surface area contributed by atoms with E-state index in [0.29, 0.717) is 0 Å². The van der Waals surface area contributed by atoms with Gasteiger partial charge in [0.05, 0.1) is 0 Å². The van der Waals surface area contributed by atoms with Gasteiger partial charge in [-0.25, -0.2) is 0 Å². The van der Waals surface area contributed by atoms with Gasteiger partial charge >= 0.3 is 0 Å². The topological polar surface area (TPSA) is 0 Å². The minimum absolute atomic E-state index is 0.869. The van der Waals surface area contributed by atoms with Gasteiger partial charge in [-0.1, -0.05) is 234 Å². The summed E-state index contributed by atoms with van der Waals surface area (Å²) in [5, 5.41) is 0. The fourth-order valence-electron chi connectivity index (χ4n) is 30.7. The summed E-state index contributed by atoms with van der Waals surface area (Å²) < 4.78 is 0. The van der Waals surface area contributed by atoms with E-state index in [1.165, 1.54) is 167 Å². The molecule has 16 rings (SSSR count). The van der Waals surface area contributed by atoms with E-state index < -0.39 is 0 Å². The molecule has 0 aliphatic heterocycles. The number of hydrogen-bond donors (Lipinski definition) is 0. The fraction of sp³-hybridized carbons (Fsp3) is 0.908. The van der Waals surface area contributed by atoms with E-state index in [2.05, 4.69) is 82.7 Å². The second-order valence-electron chi connectivity index (χ2n) is 37.2. The van der Waals surface area contributed by atoms with Gasteiger partial charge in [0, 0.05) is 0 Å². The van der Waals surface area contributed by atoms with Crippen LogP contribution in [-0.4, -0.2) is 0 Å². The second kappa shape index (κ2) is 27.0. The van der Waals surface area contributed by atoms with Gasteiger partial charge in [-0.2, -0.15) is 0 Å². The van der Waals surface area contributed by atoms with Gasteiger partial charge in [0.1, 0.15) is 0 Å². The third kappa shape index (κ3) is 11.6. The van der Waals surface area contributed by atoms with Crippen LogP contribution in [0.15, 0.2) is 48.6 Å². The fourth-order valence-corrected chi connectivity index (χ4v) is 30.7. The predicted octanol–water partition coefficient (Wildman–Crippen LogP) is 25.0. The first-order chi connectivity index (χ1) is 42.1. The van der Waals surface area contributed by atoms with E-state index in [-0.39, 0.29) is 0 Å². The van der Waals surface area contributed by atoms with Crippen LogP contribution in [0.5, 0.6) is 0 Å². The second-order valence-corrected chi connectivity index (χ2v) is 37.2. The molecule has 35 atom stereocenters. The van der Waals surface area contributed by atoms with Crippen LogP contribution in [0.25, 0.3) is 0 Å². The minimum atomic E-state index is 0.869. The Morgan fingerprint density at radius 2 is 0.563 bits per heavy atom. The van der Waals surface area contributed by atoms with Gasteiger partial charge in [0.25, 0.3) is 0 Å². The molecule has 0 aromatic rings. The smallest absolute Gasteiger partial charge is 0.0143 e. The molecular weight excluding hydrogens is 1040 g/mol. The van der Waals surface area contributed by atoms with Crippen molar-refractivity contribution >= 4 is 0 Å². The molecule has 16 aliphatic carbocycles. The molecule has 490 valence electrons. The maximum absolute atomic E-state index is 4.75. The van der Waals surface area contributed by atoms with Gasteiger partial charge in [0.2, 0.25) is 0 Å². The van der Waals surface area contributed by atoms with Crippen molar-refractivity contribution in [1.29, 1.82) is 0 Å². The maximum Gasteiger partial charge on any atom is -0.0143 e. The van der Waals surface area contributed by atoms with Crippen molar-refractivity contribution in [3.05, 3.63) is 48.6 Å². The Kier molecular flexibility index (Phi) is 20.1. The Bertz CT molecular complexity index is 2350. The van der Waals surface area contributed by atoms with Crippen molar-refractivity contribution in [1.82, 2.24) is 0 Å². The van der Waals surface area contributed by atoms with Crippen LogP contribution < -0.4 is 0 Å². The summed E-state index contributed by atoms with van der Waals surface area (Å²) in [6.07, 6.45) is 49.7. The zero-order valence-electron chi connectivity index (χ0n) is 59.4. The molecule has 0 saturated heterocycles. The van der Waals surface area contributed by atoms with Crippen molar-refractivity contribution < 1.29 is 0 Å². The molecule has 0 N–H and O–H groups in total. The lowest BCUT2D eigenvalue weighted by Gasteiger charge is -2.55. The lowest BCUT2D eigenvalue weighted by molar-refractivity contribution is 0.000598. The highest BCUT2D eigenvalue weighted by Crippen LogP contribution is 2.68. The van der Waals surface area contributed by atoms with Crippen molar-refractivity contribution in [3.63, 3.8) is 0 Å². The highest BCUT2D eigenvalue weighted by Gasteiger charge is 2.60. The normalized spacial score (nSPS) is 54.1. The molecule has 16 fully saturated rings.